The predicted molar refractivity (Wildman–Crippen MR) is 66.3 cm³/mol. The zero-order valence-corrected chi connectivity index (χ0v) is 10.1. The highest BCUT2D eigenvalue weighted by molar-refractivity contribution is 5.89. The van der Waals surface area contributed by atoms with Gasteiger partial charge in [0.05, 0.1) is 5.69 Å². The maximum absolute atomic E-state index is 13.3. The SMILES string of the molecule is CC(C)N(CCN)C(=O)Nc1ccccc1F. The van der Waals surface area contributed by atoms with Crippen LogP contribution in [0.3, 0.4) is 0 Å². The van der Waals surface area contributed by atoms with Crippen molar-refractivity contribution in [2.45, 2.75) is 19.9 Å². The van der Waals surface area contributed by atoms with Crippen LogP contribution in [0.2, 0.25) is 0 Å². The molecule has 3 N–H and O–H groups in total. The maximum atomic E-state index is 13.3. The van der Waals surface area contributed by atoms with Crippen molar-refractivity contribution < 1.29 is 9.18 Å². The summed E-state index contributed by atoms with van der Waals surface area (Å²) in [5, 5.41) is 2.53. The molecule has 0 spiro atoms. The quantitative estimate of drug-likeness (QED) is 0.844. The van der Waals surface area contributed by atoms with E-state index in [9.17, 15) is 9.18 Å². The van der Waals surface area contributed by atoms with Gasteiger partial charge in [-0.3, -0.25) is 0 Å². The molecule has 0 radical (unpaired) electrons. The Balaban J connectivity index is 2.73. The number of carbonyl (C=O) groups is 1. The molecular weight excluding hydrogens is 221 g/mol. The van der Waals surface area contributed by atoms with Crippen molar-refractivity contribution in [2.24, 2.45) is 5.73 Å². The number of urea groups is 1. The molecule has 0 aliphatic rings. The number of nitrogens with zero attached hydrogens (tertiary/aromatic N) is 1. The van der Waals surface area contributed by atoms with Crippen LogP contribution in [0.25, 0.3) is 0 Å². The van der Waals surface area contributed by atoms with Crippen molar-refractivity contribution in [3.05, 3.63) is 30.1 Å². The molecule has 0 bridgehead atoms. The van der Waals surface area contributed by atoms with Crippen molar-refractivity contribution in [1.29, 1.82) is 0 Å². The molecule has 5 heteroatoms. The first-order chi connectivity index (χ1) is 8.06. The maximum Gasteiger partial charge on any atom is 0.322 e. The lowest BCUT2D eigenvalue weighted by atomic mass is 10.3. The van der Waals surface area contributed by atoms with E-state index in [0.717, 1.165) is 0 Å². The van der Waals surface area contributed by atoms with Crippen molar-refractivity contribution in [3.8, 4) is 0 Å². The summed E-state index contributed by atoms with van der Waals surface area (Å²) in [7, 11) is 0. The Labute approximate surface area is 101 Å². The zero-order valence-electron chi connectivity index (χ0n) is 10.1. The van der Waals surface area contributed by atoms with E-state index in [0.29, 0.717) is 13.1 Å². The Morgan fingerprint density at radius 3 is 2.65 bits per heavy atom. The number of benzene rings is 1. The average Bonchev–Trinajstić information content (AvgIpc) is 2.28. The van der Waals surface area contributed by atoms with E-state index in [-0.39, 0.29) is 17.8 Å². The van der Waals surface area contributed by atoms with Gasteiger partial charge < -0.3 is 16.0 Å². The fourth-order valence-corrected chi connectivity index (χ4v) is 1.48. The molecule has 4 nitrogen and oxygen atoms in total. The number of hydrogen-bond donors (Lipinski definition) is 2. The monoisotopic (exact) mass is 239 g/mol. The van der Waals surface area contributed by atoms with E-state index < -0.39 is 5.82 Å². The van der Waals surface area contributed by atoms with Gasteiger partial charge in [0, 0.05) is 19.1 Å². The Kier molecular flexibility index (Phi) is 4.90. The summed E-state index contributed by atoms with van der Waals surface area (Å²) in [6.45, 7) is 4.59. The molecule has 2 amide bonds. The molecule has 0 saturated carbocycles. The second-order valence-corrected chi connectivity index (χ2v) is 3.99. The lowest BCUT2D eigenvalue weighted by molar-refractivity contribution is 0.199. The van der Waals surface area contributed by atoms with Crippen molar-refractivity contribution in [1.82, 2.24) is 4.90 Å². The summed E-state index contributed by atoms with van der Waals surface area (Å²) in [5.41, 5.74) is 5.61. The molecule has 1 aromatic rings. The van der Waals surface area contributed by atoms with Gasteiger partial charge in [-0.1, -0.05) is 12.1 Å². The normalized spacial score (nSPS) is 10.4. The average molecular weight is 239 g/mol. The minimum absolute atomic E-state index is 0.0188. The molecule has 1 rings (SSSR count). The van der Waals surface area contributed by atoms with E-state index in [1.54, 1.807) is 17.0 Å². The highest BCUT2D eigenvalue weighted by atomic mass is 19.1. The molecule has 0 atom stereocenters. The molecule has 0 fully saturated rings. The molecule has 0 aliphatic carbocycles. The number of carbonyl (C=O) groups excluding carboxylic acids is 1. The number of rotatable bonds is 4. The lowest BCUT2D eigenvalue weighted by Crippen LogP contribution is -2.43. The predicted octanol–water partition coefficient (Wildman–Crippen LogP) is 2.03. The van der Waals surface area contributed by atoms with E-state index in [1.807, 2.05) is 13.8 Å². The largest absolute Gasteiger partial charge is 0.329 e. The first-order valence-corrected chi connectivity index (χ1v) is 5.58. The fraction of sp³-hybridized carbons (Fsp3) is 0.417. The number of nitrogens with one attached hydrogen (secondary N) is 1. The molecule has 1 aromatic carbocycles. The van der Waals surface area contributed by atoms with Gasteiger partial charge in [-0.15, -0.1) is 0 Å². The first kappa shape index (κ1) is 13.4. The standard InChI is InChI=1S/C12H18FN3O/c1-9(2)16(8-7-14)12(17)15-11-6-4-3-5-10(11)13/h3-6,9H,7-8,14H2,1-2H3,(H,15,17). The molecule has 0 aliphatic heterocycles. The highest BCUT2D eigenvalue weighted by Gasteiger charge is 2.16. The van der Waals surface area contributed by atoms with Crippen LogP contribution in [0.5, 0.6) is 0 Å². The minimum Gasteiger partial charge on any atom is -0.329 e. The van der Waals surface area contributed by atoms with Crippen molar-refractivity contribution >= 4 is 11.7 Å². The van der Waals surface area contributed by atoms with E-state index in [2.05, 4.69) is 5.32 Å². The van der Waals surface area contributed by atoms with Crippen molar-refractivity contribution in [2.75, 3.05) is 18.4 Å². The second-order valence-electron chi connectivity index (χ2n) is 3.99. The molecule has 0 saturated heterocycles. The number of amides is 2. The number of anilines is 1. The molecule has 0 aromatic heterocycles. The van der Waals surface area contributed by atoms with Crippen molar-refractivity contribution in [3.63, 3.8) is 0 Å². The fourth-order valence-electron chi connectivity index (χ4n) is 1.48. The number of hydrogen-bond acceptors (Lipinski definition) is 2. The van der Waals surface area contributed by atoms with Crippen LogP contribution < -0.4 is 11.1 Å². The van der Waals surface area contributed by atoms with Crippen LogP contribution in [-0.2, 0) is 0 Å². The van der Waals surface area contributed by atoms with Crippen LogP contribution in [0, 0.1) is 5.82 Å². The Morgan fingerprint density at radius 2 is 2.12 bits per heavy atom. The molecule has 94 valence electrons. The van der Waals surface area contributed by atoms with Gasteiger partial charge in [0.25, 0.3) is 0 Å². The van der Waals surface area contributed by atoms with Gasteiger partial charge >= 0.3 is 6.03 Å². The van der Waals surface area contributed by atoms with Crippen LogP contribution in [0.15, 0.2) is 24.3 Å². The Morgan fingerprint density at radius 1 is 1.47 bits per heavy atom. The summed E-state index contributed by atoms with van der Waals surface area (Å²) in [5.74, 6) is -0.447. The number of halogens is 1. The third-order valence-corrected chi connectivity index (χ3v) is 2.37. The van der Waals surface area contributed by atoms with Crippen LogP contribution in [0.4, 0.5) is 14.9 Å². The number of para-hydroxylation sites is 1. The Bertz CT molecular complexity index is 382. The third kappa shape index (κ3) is 3.71. The van der Waals surface area contributed by atoms with Gasteiger partial charge in [-0.05, 0) is 26.0 Å². The summed E-state index contributed by atoms with van der Waals surface area (Å²) < 4.78 is 13.3. The van der Waals surface area contributed by atoms with Gasteiger partial charge in [-0.25, -0.2) is 9.18 Å². The van der Waals surface area contributed by atoms with Gasteiger partial charge in [0.2, 0.25) is 0 Å². The lowest BCUT2D eigenvalue weighted by Gasteiger charge is -2.26. The van der Waals surface area contributed by atoms with Gasteiger partial charge in [0.15, 0.2) is 0 Å². The van der Waals surface area contributed by atoms with E-state index in [1.165, 1.54) is 12.1 Å². The summed E-state index contributed by atoms with van der Waals surface area (Å²) in [4.78, 5) is 13.5. The summed E-state index contributed by atoms with van der Waals surface area (Å²) >= 11 is 0. The minimum atomic E-state index is -0.447. The van der Waals surface area contributed by atoms with Crippen LogP contribution in [-0.4, -0.2) is 30.1 Å². The topological polar surface area (TPSA) is 58.4 Å². The van der Waals surface area contributed by atoms with E-state index >= 15 is 0 Å². The number of nitrogens with two attached hydrogens (primary N) is 1. The molecular formula is C12H18FN3O. The van der Waals surface area contributed by atoms with E-state index in [4.69, 9.17) is 5.73 Å². The zero-order chi connectivity index (χ0) is 12.8. The third-order valence-electron chi connectivity index (χ3n) is 2.37. The van der Waals surface area contributed by atoms with Crippen LogP contribution >= 0.6 is 0 Å². The smallest absolute Gasteiger partial charge is 0.322 e. The highest BCUT2D eigenvalue weighted by Crippen LogP contribution is 2.13. The summed E-state index contributed by atoms with van der Waals surface area (Å²) in [6.07, 6.45) is 0. The molecule has 0 unspecified atom stereocenters. The second kappa shape index (κ2) is 6.20. The van der Waals surface area contributed by atoms with Crippen LogP contribution in [0.1, 0.15) is 13.8 Å². The van der Waals surface area contributed by atoms with Gasteiger partial charge in [-0.2, -0.15) is 0 Å². The molecule has 17 heavy (non-hydrogen) atoms. The summed E-state index contributed by atoms with van der Waals surface area (Å²) in [6, 6.07) is 5.75. The van der Waals surface area contributed by atoms with Gasteiger partial charge in [0.1, 0.15) is 5.82 Å². The Hall–Kier alpha value is -1.62. The first-order valence-electron chi connectivity index (χ1n) is 5.58. The molecule has 0 heterocycles.